The summed E-state index contributed by atoms with van der Waals surface area (Å²) < 4.78 is 1.76. The van der Waals surface area contributed by atoms with E-state index in [4.69, 9.17) is 0 Å². The summed E-state index contributed by atoms with van der Waals surface area (Å²) in [6.45, 7) is 11.9. The lowest BCUT2D eigenvalue weighted by atomic mass is 9.45. The SMILES string of the molecule is CC(C)[C@@H]1CN(C(=O)c2cn3c(C(=O)NC[C@@H]4CC[C@H]5C[C@H]4C5(C)C)cccc3n2)CCN1. The van der Waals surface area contributed by atoms with Crippen LogP contribution in [0, 0.1) is 29.1 Å². The minimum Gasteiger partial charge on any atom is -0.350 e. The number of amides is 2. The van der Waals surface area contributed by atoms with Gasteiger partial charge in [0.05, 0.1) is 0 Å². The summed E-state index contributed by atoms with van der Waals surface area (Å²) in [4.78, 5) is 32.7. The van der Waals surface area contributed by atoms with Gasteiger partial charge in [-0.2, -0.15) is 0 Å². The van der Waals surface area contributed by atoms with Crippen molar-refractivity contribution < 1.29 is 9.59 Å². The second-order valence-electron chi connectivity index (χ2n) is 11.2. The van der Waals surface area contributed by atoms with Crippen LogP contribution in [-0.4, -0.2) is 58.3 Å². The predicted molar refractivity (Wildman–Crippen MR) is 128 cm³/mol. The maximum Gasteiger partial charge on any atom is 0.274 e. The number of carbonyl (C=O) groups excluding carboxylic acids is 2. The number of imidazole rings is 1. The van der Waals surface area contributed by atoms with Crippen molar-refractivity contribution >= 4 is 17.5 Å². The quantitative estimate of drug-likeness (QED) is 0.732. The van der Waals surface area contributed by atoms with Gasteiger partial charge in [-0.25, -0.2) is 4.98 Å². The van der Waals surface area contributed by atoms with Gasteiger partial charge in [0.1, 0.15) is 17.0 Å². The molecule has 4 atom stereocenters. The molecule has 4 aliphatic rings. The first-order valence-corrected chi connectivity index (χ1v) is 12.5. The molecule has 178 valence electrons. The van der Waals surface area contributed by atoms with Crippen LogP contribution in [0.3, 0.4) is 0 Å². The van der Waals surface area contributed by atoms with E-state index < -0.39 is 0 Å². The first kappa shape index (κ1) is 22.4. The van der Waals surface area contributed by atoms with Gasteiger partial charge in [-0.15, -0.1) is 0 Å². The third-order valence-corrected chi connectivity index (χ3v) is 8.77. The van der Waals surface area contributed by atoms with Gasteiger partial charge in [0, 0.05) is 38.4 Å². The monoisotopic (exact) mass is 451 g/mol. The molecule has 1 saturated heterocycles. The van der Waals surface area contributed by atoms with E-state index in [0.717, 1.165) is 12.5 Å². The van der Waals surface area contributed by atoms with Gasteiger partial charge in [0.25, 0.3) is 11.8 Å². The Hall–Kier alpha value is -2.41. The lowest BCUT2D eigenvalue weighted by Crippen LogP contribution is -2.54. The molecule has 2 bridgehead atoms. The molecule has 7 nitrogen and oxygen atoms in total. The highest BCUT2D eigenvalue weighted by atomic mass is 16.2. The molecule has 0 unspecified atom stereocenters. The molecule has 33 heavy (non-hydrogen) atoms. The number of nitrogens with zero attached hydrogens (tertiary/aromatic N) is 3. The fourth-order valence-electron chi connectivity index (χ4n) is 6.39. The van der Waals surface area contributed by atoms with Crippen molar-refractivity contribution in [1.29, 1.82) is 0 Å². The van der Waals surface area contributed by atoms with Crippen molar-refractivity contribution in [3.63, 3.8) is 0 Å². The minimum atomic E-state index is -0.0988. The lowest BCUT2D eigenvalue weighted by Gasteiger charge is -2.60. The summed E-state index contributed by atoms with van der Waals surface area (Å²) in [6.07, 6.45) is 5.50. The molecule has 4 fully saturated rings. The number of nitrogens with one attached hydrogen (secondary N) is 2. The van der Waals surface area contributed by atoms with E-state index >= 15 is 0 Å². The Kier molecular flexibility index (Phi) is 5.71. The standard InChI is InChI=1S/C26H37N5O2/c1-16(2)20-14-30(11-10-27-20)25(33)21-15-31-22(6-5-7-23(31)29-21)24(32)28-13-17-8-9-18-12-19(17)26(18,3)4/h5-7,15-20,27H,8-14H2,1-4H3,(H,28,32)/t17-,18-,19+,20-/m0/s1. The number of aromatic nitrogens is 2. The second-order valence-corrected chi connectivity index (χ2v) is 11.2. The fraction of sp³-hybridized carbons (Fsp3) is 0.654. The summed E-state index contributed by atoms with van der Waals surface area (Å²) in [5.41, 5.74) is 1.96. The van der Waals surface area contributed by atoms with Gasteiger partial charge in [-0.1, -0.05) is 33.8 Å². The zero-order valence-corrected chi connectivity index (χ0v) is 20.3. The van der Waals surface area contributed by atoms with Crippen molar-refractivity contribution in [2.75, 3.05) is 26.2 Å². The number of hydrogen-bond acceptors (Lipinski definition) is 4. The number of piperazine rings is 1. The molecule has 2 aromatic heterocycles. The number of rotatable bonds is 5. The molecule has 3 heterocycles. The first-order chi connectivity index (χ1) is 15.8. The summed E-state index contributed by atoms with van der Waals surface area (Å²) in [5, 5.41) is 6.67. The Labute approximate surface area is 196 Å². The molecule has 0 spiro atoms. The highest BCUT2D eigenvalue weighted by molar-refractivity contribution is 5.95. The van der Waals surface area contributed by atoms with E-state index in [-0.39, 0.29) is 17.9 Å². The molecule has 3 aliphatic carbocycles. The Balaban J connectivity index is 1.29. The van der Waals surface area contributed by atoms with Crippen molar-refractivity contribution in [3.8, 4) is 0 Å². The van der Waals surface area contributed by atoms with Crippen LogP contribution in [0.1, 0.15) is 67.9 Å². The van der Waals surface area contributed by atoms with Gasteiger partial charge in [0.15, 0.2) is 0 Å². The van der Waals surface area contributed by atoms with Crippen molar-refractivity contribution in [2.45, 2.75) is 53.0 Å². The van der Waals surface area contributed by atoms with Crippen LogP contribution in [0.2, 0.25) is 0 Å². The van der Waals surface area contributed by atoms with Crippen LogP contribution < -0.4 is 10.6 Å². The van der Waals surface area contributed by atoms with E-state index in [0.29, 0.717) is 59.8 Å². The Bertz CT molecular complexity index is 1060. The highest BCUT2D eigenvalue weighted by Crippen LogP contribution is 2.61. The molecule has 1 aliphatic heterocycles. The van der Waals surface area contributed by atoms with Crippen molar-refractivity contribution in [2.24, 2.45) is 29.1 Å². The molecule has 0 radical (unpaired) electrons. The Morgan fingerprint density at radius 3 is 2.82 bits per heavy atom. The van der Waals surface area contributed by atoms with E-state index in [1.165, 1.54) is 19.3 Å². The molecule has 2 amide bonds. The van der Waals surface area contributed by atoms with Gasteiger partial charge in [-0.3, -0.25) is 14.0 Å². The van der Waals surface area contributed by atoms with Crippen LogP contribution >= 0.6 is 0 Å². The summed E-state index contributed by atoms with van der Waals surface area (Å²) in [5.74, 6) is 2.40. The molecule has 3 saturated carbocycles. The van der Waals surface area contributed by atoms with E-state index in [1.54, 1.807) is 10.6 Å². The maximum atomic E-state index is 13.2. The smallest absolute Gasteiger partial charge is 0.274 e. The minimum absolute atomic E-state index is 0.0683. The first-order valence-electron chi connectivity index (χ1n) is 12.5. The van der Waals surface area contributed by atoms with Gasteiger partial charge in [-0.05, 0) is 60.5 Å². The summed E-state index contributed by atoms with van der Waals surface area (Å²) in [6, 6.07) is 5.78. The lowest BCUT2D eigenvalue weighted by molar-refractivity contribution is -0.103. The van der Waals surface area contributed by atoms with Crippen LogP contribution in [-0.2, 0) is 0 Å². The van der Waals surface area contributed by atoms with E-state index in [2.05, 4.69) is 43.3 Å². The van der Waals surface area contributed by atoms with Gasteiger partial charge >= 0.3 is 0 Å². The van der Waals surface area contributed by atoms with Crippen molar-refractivity contribution in [1.82, 2.24) is 24.9 Å². The average molecular weight is 452 g/mol. The fourth-order valence-corrected chi connectivity index (χ4v) is 6.39. The normalized spacial score (nSPS) is 28.6. The van der Waals surface area contributed by atoms with Crippen LogP contribution in [0.15, 0.2) is 24.4 Å². The van der Waals surface area contributed by atoms with E-state index in [1.807, 2.05) is 23.1 Å². The van der Waals surface area contributed by atoms with Gasteiger partial charge in [0.2, 0.25) is 0 Å². The molecular weight excluding hydrogens is 414 g/mol. The largest absolute Gasteiger partial charge is 0.350 e. The second kappa shape index (κ2) is 8.42. The van der Waals surface area contributed by atoms with Gasteiger partial charge < -0.3 is 15.5 Å². The number of hydrogen-bond donors (Lipinski definition) is 2. The molecular formula is C26H37N5O2. The maximum absolute atomic E-state index is 13.2. The zero-order valence-electron chi connectivity index (χ0n) is 20.3. The zero-order chi connectivity index (χ0) is 23.3. The van der Waals surface area contributed by atoms with Crippen LogP contribution in [0.25, 0.3) is 5.65 Å². The van der Waals surface area contributed by atoms with Crippen LogP contribution in [0.5, 0.6) is 0 Å². The molecule has 2 aromatic rings. The summed E-state index contributed by atoms with van der Waals surface area (Å²) in [7, 11) is 0. The number of pyridine rings is 1. The topological polar surface area (TPSA) is 78.7 Å². The molecule has 7 heteroatoms. The van der Waals surface area contributed by atoms with E-state index in [9.17, 15) is 9.59 Å². The van der Waals surface area contributed by atoms with Crippen molar-refractivity contribution in [3.05, 3.63) is 35.8 Å². The van der Waals surface area contributed by atoms with Crippen LogP contribution in [0.4, 0.5) is 0 Å². The Morgan fingerprint density at radius 1 is 1.27 bits per heavy atom. The third-order valence-electron chi connectivity index (χ3n) is 8.77. The molecule has 2 N–H and O–H groups in total. The predicted octanol–water partition coefficient (Wildman–Crippen LogP) is 3.21. The number of fused-ring (bicyclic) bond motifs is 3. The Morgan fingerprint density at radius 2 is 2.09 bits per heavy atom. The molecule has 0 aromatic carbocycles. The highest BCUT2D eigenvalue weighted by Gasteiger charge is 2.53. The summed E-state index contributed by atoms with van der Waals surface area (Å²) >= 11 is 0. The average Bonchev–Trinajstić information content (AvgIpc) is 3.26. The third kappa shape index (κ3) is 3.94. The molecule has 6 rings (SSSR count). The number of carbonyl (C=O) groups is 2.